The molecule has 4 fully saturated rings. The fraction of sp³-hybridized carbons (Fsp3) is 0.560. The van der Waals surface area contributed by atoms with Crippen molar-refractivity contribution in [3.63, 3.8) is 0 Å². The van der Waals surface area contributed by atoms with E-state index in [0.29, 0.717) is 28.2 Å². The average molecular weight is 513 g/mol. The molecule has 5 unspecified atom stereocenters. The molecule has 2 aromatic rings. The minimum atomic E-state index is -1.08. The standard InChI is InChI=1S/C25H32BN3O6S/c1-24(2)14-9-17(24)25(3)18(10-14)34-26(35-25)19(29-20(30)11-15-12-36-23(27)28-15)8-13-6-5-7-16(22(31)32)21(13)33-4/h5-7,12,14,17-19H,8-11H2,1-4H3,(H2,27,28)(H,29,30)(H,31,32). The number of anilines is 1. The summed E-state index contributed by atoms with van der Waals surface area (Å²) in [7, 11) is 0.761. The number of amides is 1. The van der Waals surface area contributed by atoms with E-state index in [1.54, 1.807) is 17.5 Å². The lowest BCUT2D eigenvalue weighted by Crippen LogP contribution is -2.65. The van der Waals surface area contributed by atoms with Gasteiger partial charge in [-0.05, 0) is 55.1 Å². The summed E-state index contributed by atoms with van der Waals surface area (Å²) in [5.74, 6) is -0.646. The van der Waals surface area contributed by atoms with Crippen molar-refractivity contribution in [3.05, 3.63) is 40.4 Å². The molecule has 6 rings (SSSR count). The van der Waals surface area contributed by atoms with Crippen LogP contribution in [0, 0.1) is 17.3 Å². The molecule has 11 heteroatoms. The zero-order valence-electron chi connectivity index (χ0n) is 20.9. The maximum atomic E-state index is 13.1. The van der Waals surface area contributed by atoms with Gasteiger partial charge in [-0.2, -0.15) is 0 Å². The highest BCUT2D eigenvalue weighted by atomic mass is 32.1. The van der Waals surface area contributed by atoms with Gasteiger partial charge in [-0.1, -0.05) is 26.0 Å². The summed E-state index contributed by atoms with van der Waals surface area (Å²) < 4.78 is 18.6. The molecule has 192 valence electrons. The van der Waals surface area contributed by atoms with E-state index < -0.39 is 24.6 Å². The number of hydrogen-bond donors (Lipinski definition) is 3. The highest BCUT2D eigenvalue weighted by Crippen LogP contribution is 2.65. The number of hydrogen-bond acceptors (Lipinski definition) is 8. The first-order valence-corrected chi connectivity index (χ1v) is 13.1. The number of para-hydroxylation sites is 1. The number of aromatic carboxylic acids is 1. The first kappa shape index (κ1) is 25.0. The number of carboxylic acid groups (broad SMARTS) is 1. The van der Waals surface area contributed by atoms with E-state index in [1.807, 2.05) is 0 Å². The summed E-state index contributed by atoms with van der Waals surface area (Å²) in [6.07, 6.45) is 2.34. The van der Waals surface area contributed by atoms with Crippen LogP contribution >= 0.6 is 11.3 Å². The van der Waals surface area contributed by atoms with Crippen molar-refractivity contribution < 1.29 is 28.7 Å². The van der Waals surface area contributed by atoms with Crippen LogP contribution in [0.4, 0.5) is 5.13 Å². The van der Waals surface area contributed by atoms with Crippen molar-refractivity contribution in [3.8, 4) is 5.75 Å². The first-order valence-electron chi connectivity index (χ1n) is 12.2. The number of aromatic nitrogens is 1. The molecule has 1 aromatic carbocycles. The molecule has 1 amide bonds. The average Bonchev–Trinajstić information content (AvgIpc) is 3.39. The van der Waals surface area contributed by atoms with E-state index >= 15 is 0 Å². The maximum absolute atomic E-state index is 13.1. The van der Waals surface area contributed by atoms with Crippen LogP contribution in [0.25, 0.3) is 0 Å². The Balaban J connectivity index is 1.42. The zero-order valence-corrected chi connectivity index (χ0v) is 21.8. The van der Waals surface area contributed by atoms with E-state index in [-0.39, 0.29) is 41.6 Å². The molecule has 0 spiro atoms. The van der Waals surface area contributed by atoms with Crippen molar-refractivity contribution in [2.75, 3.05) is 12.8 Å². The third-order valence-corrected chi connectivity index (χ3v) is 9.25. The molecule has 1 saturated heterocycles. The number of nitrogens with zero attached hydrogens (tertiary/aromatic N) is 1. The Hall–Kier alpha value is -2.63. The van der Waals surface area contributed by atoms with Crippen LogP contribution in [0.15, 0.2) is 23.6 Å². The Labute approximate surface area is 214 Å². The van der Waals surface area contributed by atoms with Gasteiger partial charge < -0.3 is 30.2 Å². The SMILES string of the molecule is COc1c(CC(NC(=O)Cc2csc(N)n2)B2OC3CC4CC(C4(C)C)C3(C)O2)cccc1C(=O)O. The van der Waals surface area contributed by atoms with Crippen LogP contribution in [0.1, 0.15) is 55.2 Å². The van der Waals surface area contributed by atoms with Gasteiger partial charge in [0.15, 0.2) is 5.13 Å². The number of ether oxygens (including phenoxy) is 1. The van der Waals surface area contributed by atoms with Gasteiger partial charge in [0.1, 0.15) is 11.3 Å². The van der Waals surface area contributed by atoms with Crippen molar-refractivity contribution >= 4 is 35.5 Å². The van der Waals surface area contributed by atoms with Crippen LogP contribution in [-0.4, -0.2) is 53.8 Å². The van der Waals surface area contributed by atoms with E-state index in [9.17, 15) is 14.7 Å². The second-order valence-corrected chi connectivity index (χ2v) is 11.8. The zero-order chi connectivity index (χ0) is 25.8. The fourth-order valence-corrected chi connectivity index (χ4v) is 7.07. The smallest absolute Gasteiger partial charge is 0.482 e. The molecule has 1 aliphatic heterocycles. The lowest BCUT2D eigenvalue weighted by Gasteiger charge is -2.64. The quantitative estimate of drug-likeness (QED) is 0.459. The second kappa shape index (κ2) is 9.04. The van der Waals surface area contributed by atoms with Gasteiger partial charge in [-0.15, -0.1) is 11.3 Å². The summed E-state index contributed by atoms with van der Waals surface area (Å²) in [4.78, 5) is 29.0. The summed E-state index contributed by atoms with van der Waals surface area (Å²) in [6, 6.07) is 4.97. The largest absolute Gasteiger partial charge is 0.496 e. The maximum Gasteiger partial charge on any atom is 0.482 e. The number of methoxy groups -OCH3 is 1. The summed E-state index contributed by atoms with van der Waals surface area (Å²) >= 11 is 1.29. The van der Waals surface area contributed by atoms with Crippen molar-refractivity contribution in [1.29, 1.82) is 0 Å². The number of thiazole rings is 1. The van der Waals surface area contributed by atoms with E-state index in [0.717, 1.165) is 12.8 Å². The van der Waals surface area contributed by atoms with Crippen molar-refractivity contribution in [2.24, 2.45) is 17.3 Å². The monoisotopic (exact) mass is 513 g/mol. The normalized spacial score (nSPS) is 28.7. The Morgan fingerprint density at radius 2 is 2.14 bits per heavy atom. The predicted octanol–water partition coefficient (Wildman–Crippen LogP) is 2.97. The van der Waals surface area contributed by atoms with Crippen molar-refractivity contribution in [1.82, 2.24) is 10.3 Å². The summed E-state index contributed by atoms with van der Waals surface area (Å²) in [5, 5.41) is 14.9. The Bertz CT molecular complexity index is 1190. The fourth-order valence-electron chi connectivity index (χ4n) is 6.50. The van der Waals surface area contributed by atoms with Crippen molar-refractivity contribution in [2.45, 2.75) is 64.1 Å². The highest BCUT2D eigenvalue weighted by molar-refractivity contribution is 7.13. The Morgan fingerprint density at radius 3 is 2.78 bits per heavy atom. The minimum Gasteiger partial charge on any atom is -0.496 e. The molecular weight excluding hydrogens is 481 g/mol. The second-order valence-electron chi connectivity index (χ2n) is 10.9. The number of nitrogen functional groups attached to an aromatic ring is 1. The topological polar surface area (TPSA) is 133 Å². The molecule has 1 aromatic heterocycles. The molecule has 2 bridgehead atoms. The summed E-state index contributed by atoms with van der Waals surface area (Å²) in [6.45, 7) is 6.72. The number of rotatable bonds is 8. The first-order chi connectivity index (χ1) is 17.0. The molecule has 5 atom stereocenters. The van der Waals surface area contributed by atoms with Crippen LogP contribution in [0.2, 0.25) is 0 Å². The summed E-state index contributed by atoms with van der Waals surface area (Å²) in [5.41, 5.74) is 6.77. The van der Waals surface area contributed by atoms with Gasteiger partial charge in [-0.25, -0.2) is 9.78 Å². The lowest BCUT2D eigenvalue weighted by molar-refractivity contribution is -0.199. The number of benzene rings is 1. The van der Waals surface area contributed by atoms with Gasteiger partial charge >= 0.3 is 13.1 Å². The van der Waals surface area contributed by atoms with Gasteiger partial charge in [0.25, 0.3) is 0 Å². The Morgan fingerprint density at radius 1 is 1.36 bits per heavy atom. The molecule has 4 N–H and O–H groups in total. The number of carbonyl (C=O) groups excluding carboxylic acids is 1. The third kappa shape index (κ3) is 4.16. The number of nitrogens with one attached hydrogen (secondary N) is 1. The predicted molar refractivity (Wildman–Crippen MR) is 136 cm³/mol. The van der Waals surface area contributed by atoms with Crippen LogP contribution in [0.3, 0.4) is 0 Å². The molecular formula is C25H32BN3O6S. The van der Waals surface area contributed by atoms with Crippen LogP contribution in [0.5, 0.6) is 5.75 Å². The van der Waals surface area contributed by atoms with Gasteiger partial charge in [-0.3, -0.25) is 4.79 Å². The molecule has 9 nitrogen and oxygen atoms in total. The molecule has 3 saturated carbocycles. The number of nitrogens with two attached hydrogens (primary N) is 1. The van der Waals surface area contributed by atoms with Gasteiger partial charge in [0, 0.05) is 5.38 Å². The van der Waals surface area contributed by atoms with E-state index in [2.05, 4.69) is 31.1 Å². The van der Waals surface area contributed by atoms with Crippen LogP contribution in [-0.2, 0) is 26.9 Å². The number of carboxylic acids is 1. The van der Waals surface area contributed by atoms with E-state index in [1.165, 1.54) is 24.5 Å². The van der Waals surface area contributed by atoms with E-state index in [4.69, 9.17) is 19.8 Å². The van der Waals surface area contributed by atoms with Crippen LogP contribution < -0.4 is 15.8 Å². The molecule has 0 radical (unpaired) electrons. The third-order valence-electron chi connectivity index (χ3n) is 8.53. The minimum absolute atomic E-state index is 0.0516. The molecule has 2 heterocycles. The molecule has 3 aliphatic carbocycles. The van der Waals surface area contributed by atoms with Gasteiger partial charge in [0.2, 0.25) is 5.91 Å². The van der Waals surface area contributed by atoms with Gasteiger partial charge in [0.05, 0.1) is 36.9 Å². The lowest BCUT2D eigenvalue weighted by atomic mass is 9.43. The number of carbonyl (C=O) groups is 2. The Kier molecular flexibility index (Phi) is 6.29. The molecule has 4 aliphatic rings. The molecule has 36 heavy (non-hydrogen) atoms. The highest BCUT2D eigenvalue weighted by Gasteiger charge is 2.68.